The van der Waals surface area contributed by atoms with Gasteiger partial charge in [0.15, 0.2) is 11.6 Å². The van der Waals surface area contributed by atoms with Crippen LogP contribution in [0.1, 0.15) is 11.3 Å². The molecule has 0 unspecified atom stereocenters. The van der Waals surface area contributed by atoms with Gasteiger partial charge < -0.3 is 4.74 Å². The molecule has 2 aromatic rings. The number of nitrogens with zero attached hydrogens (tertiary/aromatic N) is 1. The van der Waals surface area contributed by atoms with E-state index in [0.717, 1.165) is 17.7 Å². The summed E-state index contributed by atoms with van der Waals surface area (Å²) in [7, 11) is 0. The van der Waals surface area contributed by atoms with Crippen molar-refractivity contribution in [2.75, 3.05) is 0 Å². The average Bonchev–Trinajstić information content (AvgIpc) is 2.40. The minimum absolute atomic E-state index is 0.0516. The summed E-state index contributed by atoms with van der Waals surface area (Å²) >= 11 is 5.28. The smallest absolute Gasteiger partial charge is 0.337 e. The van der Waals surface area contributed by atoms with Crippen LogP contribution in [0.2, 0.25) is 0 Å². The number of hydrogen-bond acceptors (Lipinski definition) is 3. The van der Waals surface area contributed by atoms with Crippen LogP contribution in [0.25, 0.3) is 10.9 Å². The molecule has 0 aliphatic carbocycles. The van der Waals surface area contributed by atoms with E-state index in [4.69, 9.17) is 16.3 Å². The molecule has 1 heterocycles. The van der Waals surface area contributed by atoms with Crippen molar-refractivity contribution in [3.8, 4) is 5.75 Å². The SMILES string of the molecule is Cc1nc2ccc(F)c(F)c2c(OC(=O)/C=C\Cl)c1C. The van der Waals surface area contributed by atoms with Crippen molar-refractivity contribution in [3.05, 3.63) is 46.6 Å². The van der Waals surface area contributed by atoms with E-state index in [1.165, 1.54) is 6.07 Å². The lowest BCUT2D eigenvalue weighted by Crippen LogP contribution is -2.08. The molecular formula is C14H10ClF2NO2. The quantitative estimate of drug-likeness (QED) is 0.625. The number of carbonyl (C=O) groups is 1. The summed E-state index contributed by atoms with van der Waals surface area (Å²) in [6.07, 6.45) is 0.972. The van der Waals surface area contributed by atoms with Gasteiger partial charge in [0.05, 0.1) is 10.9 Å². The molecule has 0 aliphatic rings. The lowest BCUT2D eigenvalue weighted by Gasteiger charge is -2.12. The average molecular weight is 298 g/mol. The Bertz CT molecular complexity index is 729. The van der Waals surface area contributed by atoms with Crippen LogP contribution in [0, 0.1) is 25.5 Å². The molecule has 0 fully saturated rings. The van der Waals surface area contributed by atoms with Crippen molar-refractivity contribution in [1.29, 1.82) is 0 Å². The third-order valence-electron chi connectivity index (χ3n) is 2.87. The Morgan fingerprint density at radius 1 is 1.35 bits per heavy atom. The molecule has 0 saturated carbocycles. The van der Waals surface area contributed by atoms with Gasteiger partial charge in [0.25, 0.3) is 0 Å². The molecule has 0 spiro atoms. The molecular weight excluding hydrogens is 288 g/mol. The minimum atomic E-state index is -1.10. The Labute approximate surface area is 118 Å². The number of fused-ring (bicyclic) bond motifs is 1. The second kappa shape index (κ2) is 5.54. The van der Waals surface area contributed by atoms with Crippen LogP contribution in [0.4, 0.5) is 8.78 Å². The maximum atomic E-state index is 14.0. The number of benzene rings is 1. The maximum absolute atomic E-state index is 14.0. The predicted molar refractivity (Wildman–Crippen MR) is 71.8 cm³/mol. The second-order valence-corrected chi connectivity index (χ2v) is 4.37. The maximum Gasteiger partial charge on any atom is 0.337 e. The van der Waals surface area contributed by atoms with E-state index >= 15 is 0 Å². The van der Waals surface area contributed by atoms with E-state index < -0.39 is 17.6 Å². The number of carbonyl (C=O) groups excluding carboxylic acids is 1. The number of esters is 1. The number of aromatic nitrogens is 1. The van der Waals surface area contributed by atoms with Gasteiger partial charge in [0, 0.05) is 22.9 Å². The zero-order valence-electron chi connectivity index (χ0n) is 10.7. The molecule has 0 saturated heterocycles. The fourth-order valence-electron chi connectivity index (χ4n) is 1.78. The largest absolute Gasteiger partial charge is 0.422 e. The monoisotopic (exact) mass is 297 g/mol. The standard InChI is InChI=1S/C14H10ClF2NO2/c1-7-8(2)18-10-4-3-9(16)13(17)12(10)14(7)20-11(19)5-6-15/h3-6H,1-2H3/b6-5-. The fraction of sp³-hybridized carbons (Fsp3) is 0.143. The number of pyridine rings is 1. The third kappa shape index (κ3) is 2.49. The summed E-state index contributed by atoms with van der Waals surface area (Å²) in [6, 6.07) is 2.30. The Hall–Kier alpha value is -2.01. The topological polar surface area (TPSA) is 39.2 Å². The first-order valence-corrected chi connectivity index (χ1v) is 6.12. The van der Waals surface area contributed by atoms with Crippen molar-refractivity contribution >= 4 is 28.5 Å². The van der Waals surface area contributed by atoms with Crippen LogP contribution in [0.3, 0.4) is 0 Å². The first-order chi connectivity index (χ1) is 9.45. The van der Waals surface area contributed by atoms with E-state index in [0.29, 0.717) is 11.3 Å². The van der Waals surface area contributed by atoms with Gasteiger partial charge in [-0.2, -0.15) is 0 Å². The molecule has 0 radical (unpaired) electrons. The lowest BCUT2D eigenvalue weighted by atomic mass is 10.1. The van der Waals surface area contributed by atoms with Crippen LogP contribution >= 0.6 is 11.6 Å². The molecule has 0 atom stereocenters. The van der Waals surface area contributed by atoms with Crippen molar-refractivity contribution in [2.24, 2.45) is 0 Å². The van der Waals surface area contributed by atoms with Crippen LogP contribution in [0.5, 0.6) is 5.75 Å². The molecule has 104 valence electrons. The lowest BCUT2D eigenvalue weighted by molar-refractivity contribution is -0.128. The highest BCUT2D eigenvalue weighted by Crippen LogP contribution is 2.33. The summed E-state index contributed by atoms with van der Waals surface area (Å²) in [4.78, 5) is 15.6. The van der Waals surface area contributed by atoms with Gasteiger partial charge in [-0.25, -0.2) is 13.6 Å². The van der Waals surface area contributed by atoms with E-state index in [1.54, 1.807) is 13.8 Å². The fourth-order valence-corrected chi connectivity index (χ4v) is 1.88. The highest BCUT2D eigenvalue weighted by molar-refractivity contribution is 6.26. The Morgan fingerprint density at radius 3 is 2.70 bits per heavy atom. The van der Waals surface area contributed by atoms with Crippen molar-refractivity contribution < 1.29 is 18.3 Å². The molecule has 1 aromatic heterocycles. The van der Waals surface area contributed by atoms with Crippen molar-refractivity contribution in [2.45, 2.75) is 13.8 Å². The molecule has 0 amide bonds. The predicted octanol–water partition coefficient (Wildman–Crippen LogP) is 3.79. The highest BCUT2D eigenvalue weighted by atomic mass is 35.5. The van der Waals surface area contributed by atoms with E-state index in [9.17, 15) is 13.6 Å². The second-order valence-electron chi connectivity index (χ2n) is 4.12. The first-order valence-electron chi connectivity index (χ1n) is 5.69. The Morgan fingerprint density at radius 2 is 2.05 bits per heavy atom. The molecule has 0 N–H and O–H groups in total. The minimum Gasteiger partial charge on any atom is -0.422 e. The first kappa shape index (κ1) is 14.4. The molecule has 0 bridgehead atoms. The van der Waals surface area contributed by atoms with E-state index in [2.05, 4.69) is 4.98 Å². The van der Waals surface area contributed by atoms with Gasteiger partial charge in [-0.1, -0.05) is 11.6 Å². The van der Waals surface area contributed by atoms with Gasteiger partial charge in [-0.3, -0.25) is 4.98 Å². The number of rotatable bonds is 2. The molecule has 0 aliphatic heterocycles. The van der Waals surface area contributed by atoms with Crippen molar-refractivity contribution in [3.63, 3.8) is 0 Å². The van der Waals surface area contributed by atoms with Gasteiger partial charge in [0.1, 0.15) is 5.75 Å². The van der Waals surface area contributed by atoms with Gasteiger partial charge in [-0.15, -0.1) is 0 Å². The number of halogens is 3. The Balaban J connectivity index is 2.75. The third-order valence-corrected chi connectivity index (χ3v) is 3.00. The summed E-state index contributed by atoms with van der Waals surface area (Å²) < 4.78 is 32.4. The van der Waals surface area contributed by atoms with Crippen LogP contribution in [-0.4, -0.2) is 11.0 Å². The normalized spacial score (nSPS) is 11.2. The van der Waals surface area contributed by atoms with Crippen LogP contribution in [0.15, 0.2) is 23.7 Å². The molecule has 2 rings (SSSR count). The zero-order valence-corrected chi connectivity index (χ0v) is 11.5. The summed E-state index contributed by atoms with van der Waals surface area (Å²) in [5, 5.41) is -0.163. The number of hydrogen-bond donors (Lipinski definition) is 0. The Kier molecular flexibility index (Phi) is 3.99. The van der Waals surface area contributed by atoms with Crippen LogP contribution in [-0.2, 0) is 4.79 Å². The van der Waals surface area contributed by atoms with Crippen LogP contribution < -0.4 is 4.74 Å². The van der Waals surface area contributed by atoms with Gasteiger partial charge in [0.2, 0.25) is 0 Å². The molecule has 3 nitrogen and oxygen atoms in total. The summed E-state index contributed by atoms with van der Waals surface area (Å²) in [5.41, 5.74) is 2.20. The zero-order chi connectivity index (χ0) is 14.9. The van der Waals surface area contributed by atoms with Gasteiger partial charge >= 0.3 is 5.97 Å². The molecule has 1 aromatic carbocycles. The number of aryl methyl sites for hydroxylation is 1. The summed E-state index contributed by atoms with van der Waals surface area (Å²) in [5.74, 6) is -2.97. The highest BCUT2D eigenvalue weighted by Gasteiger charge is 2.19. The molecule has 20 heavy (non-hydrogen) atoms. The van der Waals surface area contributed by atoms with E-state index in [-0.39, 0.29) is 16.7 Å². The van der Waals surface area contributed by atoms with Crippen molar-refractivity contribution in [1.82, 2.24) is 4.98 Å². The van der Waals surface area contributed by atoms with Gasteiger partial charge in [-0.05, 0) is 26.0 Å². The number of ether oxygens (including phenoxy) is 1. The van der Waals surface area contributed by atoms with E-state index in [1.807, 2.05) is 0 Å². The summed E-state index contributed by atoms with van der Waals surface area (Å²) in [6.45, 7) is 3.30. The molecule has 6 heteroatoms.